The van der Waals surface area contributed by atoms with Crippen LogP contribution >= 0.6 is 22.9 Å². The molecule has 100 valence electrons. The number of rotatable bonds is 4. The molecule has 1 aromatic rings. The second-order valence-electron chi connectivity index (χ2n) is 5.35. The fourth-order valence-electron chi connectivity index (χ4n) is 3.36. The molecule has 1 aromatic heterocycles. The molecule has 2 bridgehead atoms. The van der Waals surface area contributed by atoms with Gasteiger partial charge < -0.3 is 0 Å². The van der Waals surface area contributed by atoms with Crippen LogP contribution in [0.1, 0.15) is 25.7 Å². The third kappa shape index (κ3) is 2.46. The van der Waals surface area contributed by atoms with Crippen molar-refractivity contribution in [2.75, 3.05) is 6.54 Å². The molecule has 2 aliphatic rings. The van der Waals surface area contributed by atoms with Gasteiger partial charge in [0.05, 0.1) is 4.34 Å². The molecular formula is C12H16ClNO2S2. The van der Waals surface area contributed by atoms with E-state index in [1.165, 1.54) is 25.7 Å². The van der Waals surface area contributed by atoms with E-state index >= 15 is 0 Å². The van der Waals surface area contributed by atoms with Crippen molar-refractivity contribution in [3.63, 3.8) is 0 Å². The molecule has 2 saturated carbocycles. The number of hydrogen-bond donors (Lipinski definition) is 1. The van der Waals surface area contributed by atoms with Gasteiger partial charge in [0.15, 0.2) is 0 Å². The highest BCUT2D eigenvalue weighted by atomic mass is 35.5. The Labute approximate surface area is 117 Å². The van der Waals surface area contributed by atoms with Crippen LogP contribution in [0.15, 0.2) is 16.3 Å². The molecule has 2 fully saturated rings. The molecule has 18 heavy (non-hydrogen) atoms. The Balaban J connectivity index is 1.63. The summed E-state index contributed by atoms with van der Waals surface area (Å²) in [6, 6.07) is 3.19. The van der Waals surface area contributed by atoms with Crippen LogP contribution in [-0.4, -0.2) is 15.0 Å². The Morgan fingerprint density at radius 3 is 2.72 bits per heavy atom. The zero-order valence-corrected chi connectivity index (χ0v) is 12.3. The minimum absolute atomic E-state index is 0.315. The van der Waals surface area contributed by atoms with Gasteiger partial charge in [-0.05, 0) is 49.1 Å². The van der Waals surface area contributed by atoms with Gasteiger partial charge in [-0.2, -0.15) is 0 Å². The van der Waals surface area contributed by atoms with Crippen molar-refractivity contribution in [2.45, 2.75) is 29.9 Å². The first kappa shape index (κ1) is 12.9. The maximum absolute atomic E-state index is 12.0. The predicted octanol–water partition coefficient (Wildman–Crippen LogP) is 3.12. The van der Waals surface area contributed by atoms with Gasteiger partial charge >= 0.3 is 0 Å². The third-order valence-corrected chi connectivity index (χ3v) is 7.38. The van der Waals surface area contributed by atoms with Gasteiger partial charge in [0, 0.05) is 6.54 Å². The topological polar surface area (TPSA) is 46.2 Å². The molecule has 0 aliphatic heterocycles. The Bertz CT molecular complexity index is 540. The first-order chi connectivity index (χ1) is 8.54. The van der Waals surface area contributed by atoms with Crippen molar-refractivity contribution in [1.82, 2.24) is 4.72 Å². The Morgan fingerprint density at radius 2 is 2.17 bits per heavy atom. The quantitative estimate of drug-likeness (QED) is 0.929. The van der Waals surface area contributed by atoms with Gasteiger partial charge in [0.25, 0.3) is 0 Å². The number of hydrogen-bond acceptors (Lipinski definition) is 3. The van der Waals surface area contributed by atoms with E-state index in [9.17, 15) is 8.42 Å². The molecule has 3 rings (SSSR count). The summed E-state index contributed by atoms with van der Waals surface area (Å²) in [5.41, 5.74) is 0. The minimum atomic E-state index is -3.36. The number of sulfonamides is 1. The van der Waals surface area contributed by atoms with Crippen molar-refractivity contribution in [3.05, 3.63) is 16.5 Å². The predicted molar refractivity (Wildman–Crippen MR) is 73.5 cm³/mol. The molecule has 0 unspecified atom stereocenters. The van der Waals surface area contributed by atoms with Crippen LogP contribution < -0.4 is 4.72 Å². The average Bonchev–Trinajstić information content (AvgIpc) is 3.01. The monoisotopic (exact) mass is 305 g/mol. The fraction of sp³-hybridized carbons (Fsp3) is 0.667. The van der Waals surface area contributed by atoms with Crippen LogP contribution in [0.2, 0.25) is 4.34 Å². The fourth-order valence-corrected chi connectivity index (χ4v) is 5.98. The molecule has 3 atom stereocenters. The third-order valence-electron chi connectivity index (χ3n) is 4.23. The number of fused-ring (bicyclic) bond motifs is 2. The van der Waals surface area contributed by atoms with Crippen LogP contribution in [-0.2, 0) is 10.0 Å². The zero-order valence-electron chi connectivity index (χ0n) is 9.93. The highest BCUT2D eigenvalue weighted by Crippen LogP contribution is 2.48. The van der Waals surface area contributed by atoms with Gasteiger partial charge in [-0.1, -0.05) is 18.0 Å². The molecule has 0 amide bonds. The van der Waals surface area contributed by atoms with Crippen LogP contribution in [0.3, 0.4) is 0 Å². The van der Waals surface area contributed by atoms with Crippen molar-refractivity contribution >= 4 is 33.0 Å². The Hall–Kier alpha value is -0.100. The van der Waals surface area contributed by atoms with E-state index in [0.717, 1.165) is 23.2 Å². The number of halogens is 1. The van der Waals surface area contributed by atoms with Crippen LogP contribution in [0.25, 0.3) is 0 Å². The van der Waals surface area contributed by atoms with E-state index in [0.29, 0.717) is 21.0 Å². The standard InChI is InChI=1S/C12H16ClNO2S2/c13-11-3-4-12(17-11)18(15,16)14-7-10-6-8-1-2-9(10)5-8/h3-4,8-10,14H,1-2,5-7H2/t8-,9+,10-/m0/s1. The van der Waals surface area contributed by atoms with Gasteiger partial charge in [0.1, 0.15) is 4.21 Å². The molecule has 0 radical (unpaired) electrons. The molecule has 3 nitrogen and oxygen atoms in total. The van der Waals surface area contributed by atoms with Crippen molar-refractivity contribution < 1.29 is 8.42 Å². The summed E-state index contributed by atoms with van der Waals surface area (Å²) in [5, 5.41) is 0. The lowest BCUT2D eigenvalue weighted by Gasteiger charge is -2.21. The summed E-state index contributed by atoms with van der Waals surface area (Å²) in [7, 11) is -3.36. The first-order valence-electron chi connectivity index (χ1n) is 6.29. The van der Waals surface area contributed by atoms with Gasteiger partial charge in [0.2, 0.25) is 10.0 Å². The Morgan fingerprint density at radius 1 is 1.33 bits per heavy atom. The SMILES string of the molecule is O=S(=O)(NC[C@@H]1C[C@H]2CC[C@@H]1C2)c1ccc(Cl)s1. The highest BCUT2D eigenvalue weighted by Gasteiger charge is 2.39. The summed E-state index contributed by atoms with van der Waals surface area (Å²) < 4.78 is 27.7. The summed E-state index contributed by atoms with van der Waals surface area (Å²) >= 11 is 6.88. The molecule has 1 heterocycles. The van der Waals surface area contributed by atoms with Crippen LogP contribution in [0, 0.1) is 17.8 Å². The second-order valence-corrected chi connectivity index (χ2v) is 9.05. The lowest BCUT2D eigenvalue weighted by atomic mass is 9.89. The molecule has 1 N–H and O–H groups in total. The van der Waals surface area contributed by atoms with Gasteiger partial charge in [-0.25, -0.2) is 13.1 Å². The van der Waals surface area contributed by atoms with E-state index in [1.807, 2.05) is 0 Å². The molecule has 0 saturated heterocycles. The second kappa shape index (κ2) is 4.78. The lowest BCUT2D eigenvalue weighted by molar-refractivity contribution is 0.333. The highest BCUT2D eigenvalue weighted by molar-refractivity contribution is 7.91. The van der Waals surface area contributed by atoms with Crippen molar-refractivity contribution in [1.29, 1.82) is 0 Å². The van der Waals surface area contributed by atoms with Crippen molar-refractivity contribution in [2.24, 2.45) is 17.8 Å². The number of thiophene rings is 1. The lowest BCUT2D eigenvalue weighted by Crippen LogP contribution is -2.31. The molecule has 0 aromatic carbocycles. The van der Waals surface area contributed by atoms with E-state index < -0.39 is 10.0 Å². The Kier molecular flexibility index (Phi) is 3.43. The molecule has 6 heteroatoms. The maximum Gasteiger partial charge on any atom is 0.250 e. The van der Waals surface area contributed by atoms with E-state index in [-0.39, 0.29) is 0 Å². The largest absolute Gasteiger partial charge is 0.250 e. The van der Waals surface area contributed by atoms with E-state index in [4.69, 9.17) is 11.6 Å². The van der Waals surface area contributed by atoms with Crippen molar-refractivity contribution in [3.8, 4) is 0 Å². The summed E-state index contributed by atoms with van der Waals surface area (Å²) in [6.07, 6.45) is 5.12. The first-order valence-corrected chi connectivity index (χ1v) is 8.97. The normalized spacial score (nSPS) is 31.1. The average molecular weight is 306 g/mol. The zero-order chi connectivity index (χ0) is 12.8. The summed E-state index contributed by atoms with van der Waals surface area (Å²) in [6.45, 7) is 0.582. The minimum Gasteiger partial charge on any atom is -0.210 e. The summed E-state index contributed by atoms with van der Waals surface area (Å²) in [4.78, 5) is 0. The van der Waals surface area contributed by atoms with E-state index in [2.05, 4.69) is 4.72 Å². The van der Waals surface area contributed by atoms with Crippen LogP contribution in [0.5, 0.6) is 0 Å². The number of nitrogens with one attached hydrogen (secondary N) is 1. The molecule has 2 aliphatic carbocycles. The molecule has 0 spiro atoms. The summed E-state index contributed by atoms with van der Waals surface area (Å²) in [5.74, 6) is 2.12. The van der Waals surface area contributed by atoms with Gasteiger partial charge in [-0.15, -0.1) is 11.3 Å². The van der Waals surface area contributed by atoms with E-state index in [1.54, 1.807) is 12.1 Å². The van der Waals surface area contributed by atoms with Crippen LogP contribution in [0.4, 0.5) is 0 Å². The molecular weight excluding hydrogens is 290 g/mol. The van der Waals surface area contributed by atoms with Gasteiger partial charge in [-0.3, -0.25) is 0 Å². The smallest absolute Gasteiger partial charge is 0.210 e. The maximum atomic E-state index is 12.0.